The molecule has 3 nitrogen and oxygen atoms in total. The van der Waals surface area contributed by atoms with Gasteiger partial charge < -0.3 is 4.74 Å². The second kappa shape index (κ2) is 2.43. The lowest BCUT2D eigenvalue weighted by molar-refractivity contribution is -0.159. The highest BCUT2D eigenvalue weighted by Crippen LogP contribution is 2.81. The van der Waals surface area contributed by atoms with E-state index in [0.29, 0.717) is 0 Å². The molecule has 1 saturated heterocycles. The summed E-state index contributed by atoms with van der Waals surface area (Å²) < 4.78 is 19.5. The fourth-order valence-corrected chi connectivity index (χ4v) is 6.26. The molecule has 1 aliphatic heterocycles. The second-order valence-corrected chi connectivity index (χ2v) is 6.48. The maximum atomic E-state index is 14.5. The Kier molecular flexibility index (Phi) is 1.31. The molecule has 1 heterocycles. The zero-order chi connectivity index (χ0) is 12.3. The number of ether oxygens (including phenoxy) is 1. The van der Waals surface area contributed by atoms with Gasteiger partial charge in [0.25, 0.3) is 0 Å². The molecule has 4 heteroatoms. The number of carbonyl (C=O) groups excluding carboxylic acids is 2. The summed E-state index contributed by atoms with van der Waals surface area (Å²) in [4.78, 5) is 24.7. The normalized spacial score (nSPS) is 62.4. The second-order valence-electron chi connectivity index (χ2n) is 6.48. The lowest BCUT2D eigenvalue weighted by Crippen LogP contribution is -2.51. The van der Waals surface area contributed by atoms with Crippen LogP contribution in [0.4, 0.5) is 4.39 Å². The summed E-state index contributed by atoms with van der Waals surface area (Å²) in [5, 5.41) is 0. The van der Waals surface area contributed by atoms with Crippen LogP contribution in [0.2, 0.25) is 0 Å². The zero-order valence-corrected chi connectivity index (χ0v) is 9.77. The van der Waals surface area contributed by atoms with Crippen LogP contribution in [0.1, 0.15) is 19.3 Å². The summed E-state index contributed by atoms with van der Waals surface area (Å²) in [5.41, 5.74) is -1.68. The van der Waals surface area contributed by atoms with Crippen molar-refractivity contribution in [2.75, 3.05) is 0 Å². The molecule has 5 rings (SSSR count). The maximum absolute atomic E-state index is 14.5. The smallest absolute Gasteiger partial charge is 0.321 e. The Labute approximate surface area is 103 Å². The molecule has 0 radical (unpaired) electrons. The quantitative estimate of drug-likeness (QED) is 0.372. The third-order valence-electron chi connectivity index (χ3n) is 6.53. The van der Waals surface area contributed by atoms with E-state index < -0.39 is 28.9 Å². The van der Waals surface area contributed by atoms with Gasteiger partial charge in [-0.2, -0.15) is 0 Å². The minimum absolute atomic E-state index is 0.0231. The molecule has 0 aromatic heterocycles. The van der Waals surface area contributed by atoms with Crippen molar-refractivity contribution in [2.45, 2.75) is 25.4 Å². The summed E-state index contributed by atoms with van der Waals surface area (Å²) in [5.74, 6) is -1.40. The molecule has 1 unspecified atom stereocenters. The van der Waals surface area contributed by atoms with Crippen LogP contribution in [0.15, 0.2) is 12.2 Å². The molecule has 0 aromatic carbocycles. The van der Waals surface area contributed by atoms with Gasteiger partial charge in [-0.15, -0.1) is 0 Å². The molecule has 4 fully saturated rings. The molecule has 4 aliphatic carbocycles. The number of hydrogen-bond acceptors (Lipinski definition) is 3. The van der Waals surface area contributed by atoms with Gasteiger partial charge in [0.1, 0.15) is 6.17 Å². The standard InChI is InChI=1S/C14H13FO3/c15-10-8-3-4-9(10)14-7-2-1-6(5-7)13(8,14)11(16)18-12(14)17/h1-2,6-10H,3-5H2/t6-,7+,8-,9+,10?,13+,14-. The highest BCUT2D eigenvalue weighted by molar-refractivity contribution is 6.05. The molecule has 0 spiro atoms. The van der Waals surface area contributed by atoms with Crippen molar-refractivity contribution in [3.8, 4) is 0 Å². The molecule has 7 atom stereocenters. The van der Waals surface area contributed by atoms with Crippen LogP contribution in [0.25, 0.3) is 0 Å². The number of cyclic esters (lactones) is 2. The molecule has 0 amide bonds. The summed E-state index contributed by atoms with van der Waals surface area (Å²) in [6.07, 6.45) is 5.35. The van der Waals surface area contributed by atoms with E-state index in [-0.39, 0.29) is 23.7 Å². The molecular weight excluding hydrogens is 235 g/mol. The number of alkyl halides is 1. The number of allylic oxidation sites excluding steroid dienone is 2. The average molecular weight is 248 g/mol. The van der Waals surface area contributed by atoms with Crippen LogP contribution >= 0.6 is 0 Å². The van der Waals surface area contributed by atoms with E-state index >= 15 is 0 Å². The Morgan fingerprint density at radius 1 is 1.06 bits per heavy atom. The Bertz CT molecular complexity index is 497. The van der Waals surface area contributed by atoms with Crippen LogP contribution < -0.4 is 0 Å². The van der Waals surface area contributed by atoms with Gasteiger partial charge in [0, 0.05) is 11.8 Å². The van der Waals surface area contributed by atoms with Crippen molar-refractivity contribution in [2.24, 2.45) is 34.5 Å². The Hall–Kier alpha value is -1.19. The van der Waals surface area contributed by atoms with Crippen molar-refractivity contribution in [1.29, 1.82) is 0 Å². The van der Waals surface area contributed by atoms with E-state index in [1.807, 2.05) is 12.2 Å². The van der Waals surface area contributed by atoms with E-state index in [1.165, 1.54) is 0 Å². The van der Waals surface area contributed by atoms with Crippen LogP contribution in [-0.4, -0.2) is 18.1 Å². The van der Waals surface area contributed by atoms with Gasteiger partial charge in [0.05, 0.1) is 10.8 Å². The minimum Gasteiger partial charge on any atom is -0.392 e. The lowest BCUT2D eigenvalue weighted by atomic mass is 9.53. The fourth-order valence-electron chi connectivity index (χ4n) is 6.26. The van der Waals surface area contributed by atoms with Gasteiger partial charge in [-0.25, -0.2) is 4.39 Å². The topological polar surface area (TPSA) is 43.4 Å². The van der Waals surface area contributed by atoms with Crippen molar-refractivity contribution < 1.29 is 18.7 Å². The first-order valence-corrected chi connectivity index (χ1v) is 6.74. The summed E-state index contributed by atoms with van der Waals surface area (Å²) >= 11 is 0. The highest BCUT2D eigenvalue weighted by Gasteiger charge is 2.89. The van der Waals surface area contributed by atoms with Crippen molar-refractivity contribution in [3.05, 3.63) is 12.2 Å². The predicted octanol–water partition coefficient (Wildman–Crippen LogP) is 1.63. The molecular formula is C14H13FO3. The van der Waals surface area contributed by atoms with Crippen LogP contribution in [-0.2, 0) is 14.3 Å². The van der Waals surface area contributed by atoms with E-state index in [2.05, 4.69) is 0 Å². The first-order chi connectivity index (χ1) is 8.65. The average Bonchev–Trinajstić information content (AvgIpc) is 3.08. The fraction of sp³-hybridized carbons (Fsp3) is 0.714. The number of fused-ring (bicyclic) bond motifs is 4. The Morgan fingerprint density at radius 2 is 1.56 bits per heavy atom. The first-order valence-electron chi connectivity index (χ1n) is 6.74. The van der Waals surface area contributed by atoms with Crippen molar-refractivity contribution >= 4 is 11.9 Å². The number of esters is 2. The van der Waals surface area contributed by atoms with Gasteiger partial charge in [-0.05, 0) is 31.1 Å². The summed E-state index contributed by atoms with van der Waals surface area (Å²) in [6.45, 7) is 0. The number of hydrogen-bond donors (Lipinski definition) is 0. The van der Waals surface area contributed by atoms with Crippen LogP contribution in [0, 0.1) is 34.5 Å². The van der Waals surface area contributed by atoms with Gasteiger partial charge >= 0.3 is 11.9 Å². The summed E-state index contributed by atoms with van der Waals surface area (Å²) in [6, 6.07) is 0. The first kappa shape index (κ1) is 9.70. The third kappa shape index (κ3) is 0.580. The van der Waals surface area contributed by atoms with Crippen LogP contribution in [0.5, 0.6) is 0 Å². The minimum atomic E-state index is -0.994. The van der Waals surface area contributed by atoms with Crippen molar-refractivity contribution in [3.63, 3.8) is 0 Å². The Balaban J connectivity index is 1.89. The van der Waals surface area contributed by atoms with Crippen LogP contribution in [0.3, 0.4) is 0 Å². The number of rotatable bonds is 0. The molecule has 4 bridgehead atoms. The van der Waals surface area contributed by atoms with Gasteiger partial charge in [-0.3, -0.25) is 9.59 Å². The van der Waals surface area contributed by atoms with Gasteiger partial charge in [0.2, 0.25) is 0 Å². The molecule has 5 aliphatic rings. The lowest BCUT2D eigenvalue weighted by Gasteiger charge is -2.43. The van der Waals surface area contributed by atoms with Gasteiger partial charge in [0.15, 0.2) is 0 Å². The SMILES string of the molecule is O=C1OC(=O)[C@]23[C@H]4C=C[C@H](C4)[C@]12[C@@H]1CC[C@H]3C1F. The van der Waals surface area contributed by atoms with E-state index in [0.717, 1.165) is 19.3 Å². The predicted molar refractivity (Wildman–Crippen MR) is 57.8 cm³/mol. The van der Waals surface area contributed by atoms with E-state index in [9.17, 15) is 14.0 Å². The van der Waals surface area contributed by atoms with Crippen molar-refractivity contribution in [1.82, 2.24) is 0 Å². The maximum Gasteiger partial charge on any atom is 0.321 e. The largest absolute Gasteiger partial charge is 0.392 e. The third-order valence-corrected chi connectivity index (χ3v) is 6.53. The zero-order valence-electron chi connectivity index (χ0n) is 9.77. The van der Waals surface area contributed by atoms with E-state index in [4.69, 9.17) is 4.74 Å². The molecule has 94 valence electrons. The van der Waals surface area contributed by atoms with E-state index in [1.54, 1.807) is 0 Å². The molecule has 0 aromatic rings. The molecule has 0 N–H and O–H groups in total. The molecule has 3 saturated carbocycles. The summed E-state index contributed by atoms with van der Waals surface area (Å²) in [7, 11) is 0. The molecule has 18 heavy (non-hydrogen) atoms. The highest BCUT2D eigenvalue weighted by atomic mass is 19.1. The number of carbonyl (C=O) groups is 2. The Morgan fingerprint density at radius 3 is 2.06 bits per heavy atom. The monoisotopic (exact) mass is 248 g/mol. The number of halogens is 1. The van der Waals surface area contributed by atoms with Gasteiger partial charge in [-0.1, -0.05) is 12.2 Å².